The molecular weight excluding hydrogens is 295 g/mol. The molecule has 1 fully saturated rings. The number of alkyl halides is 3. The van der Waals surface area contributed by atoms with Gasteiger partial charge in [-0.2, -0.15) is 21.6 Å². The van der Waals surface area contributed by atoms with Crippen molar-refractivity contribution >= 4 is 10.1 Å². The van der Waals surface area contributed by atoms with E-state index in [1.54, 1.807) is 0 Å². The van der Waals surface area contributed by atoms with Gasteiger partial charge in [-0.3, -0.25) is 0 Å². The van der Waals surface area contributed by atoms with Crippen LogP contribution < -0.4 is 5.32 Å². The normalized spacial score (nSPS) is 31.1. The van der Waals surface area contributed by atoms with Crippen LogP contribution in [0.3, 0.4) is 0 Å². The lowest BCUT2D eigenvalue weighted by molar-refractivity contribution is -0.0525. The molecule has 0 amide bonds. The van der Waals surface area contributed by atoms with E-state index in [0.717, 1.165) is 12.8 Å². The molecule has 2 rings (SSSR count). The monoisotopic (exact) mass is 313 g/mol. The number of rotatable bonds is 2. The van der Waals surface area contributed by atoms with Crippen molar-refractivity contribution < 1.29 is 25.8 Å². The maximum Gasteiger partial charge on any atom is 0.534 e. The van der Waals surface area contributed by atoms with Crippen molar-refractivity contribution in [3.05, 3.63) is 11.8 Å². The van der Waals surface area contributed by atoms with Gasteiger partial charge in [-0.1, -0.05) is 20.8 Å². The van der Waals surface area contributed by atoms with E-state index in [4.69, 9.17) is 0 Å². The van der Waals surface area contributed by atoms with Crippen LogP contribution in [0.2, 0.25) is 0 Å². The molecule has 1 saturated heterocycles. The van der Waals surface area contributed by atoms with Gasteiger partial charge in [0, 0.05) is 18.0 Å². The molecule has 0 aliphatic carbocycles. The largest absolute Gasteiger partial charge is 0.534 e. The summed E-state index contributed by atoms with van der Waals surface area (Å²) in [7, 11) is -5.58. The third-order valence-electron chi connectivity index (χ3n) is 4.04. The number of hydrogen-bond acceptors (Lipinski definition) is 4. The fraction of sp³-hybridized carbons (Fsp3) is 0.833. The van der Waals surface area contributed by atoms with Gasteiger partial charge in [0.15, 0.2) is 0 Å². The first-order valence-electron chi connectivity index (χ1n) is 6.36. The Balaban J connectivity index is 2.31. The highest BCUT2D eigenvalue weighted by atomic mass is 32.2. The molecule has 4 nitrogen and oxygen atoms in total. The van der Waals surface area contributed by atoms with Gasteiger partial charge in [-0.15, -0.1) is 0 Å². The molecule has 20 heavy (non-hydrogen) atoms. The molecule has 2 aliphatic heterocycles. The first-order valence-corrected chi connectivity index (χ1v) is 7.77. The lowest BCUT2D eigenvalue weighted by Crippen LogP contribution is -2.53. The minimum atomic E-state index is -5.58. The van der Waals surface area contributed by atoms with Crippen molar-refractivity contribution in [2.24, 2.45) is 5.41 Å². The molecule has 0 aromatic heterocycles. The Kier molecular flexibility index (Phi) is 3.41. The molecule has 116 valence electrons. The molecule has 2 aliphatic rings. The molecule has 8 heteroatoms. The van der Waals surface area contributed by atoms with E-state index < -0.39 is 21.2 Å². The molecule has 2 unspecified atom stereocenters. The Hall–Kier alpha value is -0.760. The molecule has 2 atom stereocenters. The lowest BCUT2D eigenvalue weighted by Gasteiger charge is -2.43. The molecule has 0 saturated carbocycles. The van der Waals surface area contributed by atoms with Gasteiger partial charge in [0.25, 0.3) is 0 Å². The van der Waals surface area contributed by atoms with Gasteiger partial charge in [-0.05, 0) is 24.3 Å². The molecule has 0 aromatic rings. The van der Waals surface area contributed by atoms with Crippen molar-refractivity contribution in [2.75, 3.05) is 0 Å². The van der Waals surface area contributed by atoms with Crippen LogP contribution in [0, 0.1) is 5.41 Å². The molecular formula is C12H18F3NO3S. The summed E-state index contributed by atoms with van der Waals surface area (Å²) in [5, 5.41) is 3.37. The van der Waals surface area contributed by atoms with Crippen LogP contribution in [-0.4, -0.2) is 25.5 Å². The van der Waals surface area contributed by atoms with Crippen LogP contribution in [-0.2, 0) is 14.3 Å². The molecule has 0 aromatic carbocycles. The predicted molar refractivity (Wildman–Crippen MR) is 67.1 cm³/mol. The maximum atomic E-state index is 12.4. The van der Waals surface area contributed by atoms with E-state index in [2.05, 4.69) is 9.50 Å². The first-order chi connectivity index (χ1) is 8.86. The predicted octanol–water partition coefficient (Wildman–Crippen LogP) is 2.68. The zero-order valence-electron chi connectivity index (χ0n) is 11.5. The van der Waals surface area contributed by atoms with Crippen molar-refractivity contribution in [3.63, 3.8) is 0 Å². The topological polar surface area (TPSA) is 55.4 Å². The third-order valence-corrected chi connectivity index (χ3v) is 5.04. The number of hydrogen-bond donors (Lipinski definition) is 1. The third kappa shape index (κ3) is 2.55. The van der Waals surface area contributed by atoms with E-state index in [1.165, 1.54) is 6.08 Å². The van der Waals surface area contributed by atoms with Gasteiger partial charge in [0.2, 0.25) is 0 Å². The van der Waals surface area contributed by atoms with Crippen molar-refractivity contribution in [2.45, 2.75) is 57.1 Å². The molecule has 0 radical (unpaired) electrons. The summed E-state index contributed by atoms with van der Waals surface area (Å²) in [6.07, 6.45) is 3.21. The molecule has 1 N–H and O–H groups in total. The van der Waals surface area contributed by atoms with Crippen LogP contribution >= 0.6 is 0 Å². The minimum Gasteiger partial charge on any atom is -0.381 e. The van der Waals surface area contributed by atoms with Crippen LogP contribution in [0.5, 0.6) is 0 Å². The highest BCUT2D eigenvalue weighted by Crippen LogP contribution is 2.45. The van der Waals surface area contributed by atoms with Crippen LogP contribution in [0.25, 0.3) is 0 Å². The second kappa shape index (κ2) is 4.37. The first kappa shape index (κ1) is 15.6. The second-order valence-corrected chi connectivity index (χ2v) is 7.94. The van der Waals surface area contributed by atoms with Crippen molar-refractivity contribution in [1.82, 2.24) is 5.32 Å². The molecule has 2 heterocycles. The maximum absolute atomic E-state index is 12.4. The van der Waals surface area contributed by atoms with E-state index in [9.17, 15) is 21.6 Å². The Morgan fingerprint density at radius 3 is 2.45 bits per heavy atom. The van der Waals surface area contributed by atoms with E-state index in [1.807, 2.05) is 20.8 Å². The zero-order valence-corrected chi connectivity index (χ0v) is 12.4. The summed E-state index contributed by atoms with van der Waals surface area (Å²) in [5.41, 5.74) is -6.17. The van der Waals surface area contributed by atoms with Gasteiger partial charge in [-0.25, -0.2) is 0 Å². The minimum absolute atomic E-state index is 0.0438. The summed E-state index contributed by atoms with van der Waals surface area (Å²) in [6.45, 7) is 5.88. The van der Waals surface area contributed by atoms with E-state index in [0.29, 0.717) is 0 Å². The van der Waals surface area contributed by atoms with Crippen LogP contribution in [0.15, 0.2) is 11.8 Å². The Labute approximate surface area is 116 Å². The smallest absolute Gasteiger partial charge is 0.381 e. The summed E-state index contributed by atoms with van der Waals surface area (Å²) in [4.78, 5) is 0. The van der Waals surface area contributed by atoms with Gasteiger partial charge >= 0.3 is 15.6 Å². The second-order valence-electron chi connectivity index (χ2n) is 6.40. The summed E-state index contributed by atoms with van der Waals surface area (Å²) < 4.78 is 63.6. The van der Waals surface area contributed by atoms with Gasteiger partial charge < -0.3 is 9.50 Å². The highest BCUT2D eigenvalue weighted by molar-refractivity contribution is 7.87. The standard InChI is InChI=1S/C12H18F3NO3S/c1-10(2,3)11-5-4-8(16-11)6-9(7-11)19-20(17,18)12(13,14)15/h7-8,16H,4-6H2,1-3H3. The number of nitrogens with one attached hydrogen (secondary N) is 1. The lowest BCUT2D eigenvalue weighted by atomic mass is 9.72. The summed E-state index contributed by atoms with van der Waals surface area (Å²) in [5.74, 6) is -0.112. The summed E-state index contributed by atoms with van der Waals surface area (Å²) >= 11 is 0. The van der Waals surface area contributed by atoms with E-state index in [-0.39, 0.29) is 23.6 Å². The molecule has 2 bridgehead atoms. The Morgan fingerprint density at radius 1 is 1.35 bits per heavy atom. The van der Waals surface area contributed by atoms with Crippen molar-refractivity contribution in [1.29, 1.82) is 0 Å². The summed E-state index contributed by atoms with van der Waals surface area (Å²) in [6, 6.07) is -0.0438. The Bertz CT molecular complexity index is 533. The molecule has 0 spiro atoms. The van der Waals surface area contributed by atoms with Gasteiger partial charge in [0.1, 0.15) is 5.76 Å². The number of fused-ring (bicyclic) bond motifs is 2. The van der Waals surface area contributed by atoms with Gasteiger partial charge in [0.05, 0.1) is 0 Å². The number of halogens is 3. The average molecular weight is 313 g/mol. The van der Waals surface area contributed by atoms with Crippen LogP contribution in [0.4, 0.5) is 13.2 Å². The van der Waals surface area contributed by atoms with Crippen LogP contribution in [0.1, 0.15) is 40.0 Å². The fourth-order valence-electron chi connectivity index (χ4n) is 2.81. The van der Waals surface area contributed by atoms with E-state index >= 15 is 0 Å². The zero-order chi connectivity index (χ0) is 15.4. The highest BCUT2D eigenvalue weighted by Gasteiger charge is 2.52. The Morgan fingerprint density at radius 2 is 1.95 bits per heavy atom. The average Bonchev–Trinajstić information content (AvgIpc) is 2.52. The fourth-order valence-corrected chi connectivity index (χ4v) is 3.30. The quantitative estimate of drug-likeness (QED) is 0.629. The SMILES string of the molecule is CC(C)(C)C12C=C(OS(=O)(=O)C(F)(F)F)CC(CC1)N2. The van der Waals surface area contributed by atoms with Crippen molar-refractivity contribution in [3.8, 4) is 0 Å².